The molecule has 0 radical (unpaired) electrons. The van der Waals surface area contributed by atoms with Crippen LogP contribution in [-0.2, 0) is 15.1 Å². The zero-order valence-corrected chi connectivity index (χ0v) is 22.2. The molecule has 0 unspecified atom stereocenters. The lowest BCUT2D eigenvalue weighted by molar-refractivity contribution is -0.124. The number of carbonyl (C=O) groups excluding carboxylic acids is 2. The number of benzene rings is 3. The topological polar surface area (TPSA) is 75.5 Å². The van der Waals surface area contributed by atoms with Crippen molar-refractivity contribution in [3.05, 3.63) is 98.5 Å². The fourth-order valence-electron chi connectivity index (χ4n) is 7.64. The van der Waals surface area contributed by atoms with Gasteiger partial charge in [-0.2, -0.15) is 0 Å². The van der Waals surface area contributed by atoms with Crippen LogP contribution in [0, 0.1) is 18.8 Å². The van der Waals surface area contributed by atoms with Crippen LogP contribution in [0.4, 0.5) is 5.69 Å². The predicted molar refractivity (Wildman–Crippen MR) is 146 cm³/mol. The van der Waals surface area contributed by atoms with Gasteiger partial charge in [-0.3, -0.25) is 23.9 Å². The molecule has 7 nitrogen and oxygen atoms in total. The van der Waals surface area contributed by atoms with E-state index in [2.05, 4.69) is 20.8 Å². The highest BCUT2D eigenvalue weighted by Crippen LogP contribution is 2.62. The number of fused-ring (bicyclic) bond motifs is 11. The first-order valence-electron chi connectivity index (χ1n) is 13.0. The Morgan fingerprint density at radius 3 is 2.58 bits per heavy atom. The Bertz CT molecular complexity index is 1800. The second-order valence-corrected chi connectivity index (χ2v) is 11.6. The Labute approximate surface area is 226 Å². The molecule has 3 aromatic carbocycles. The van der Waals surface area contributed by atoms with Gasteiger partial charge in [0, 0.05) is 16.1 Å². The lowest BCUT2D eigenvalue weighted by atomic mass is 9.75. The molecule has 188 valence electrons. The zero-order chi connectivity index (χ0) is 25.9. The molecule has 0 N–H and O–H groups in total. The normalized spacial score (nSPS) is 27.3. The summed E-state index contributed by atoms with van der Waals surface area (Å²) in [5.74, 6) is -1.05. The van der Waals surface area contributed by atoms with E-state index in [1.807, 2.05) is 67.6 Å². The van der Waals surface area contributed by atoms with Crippen LogP contribution >= 0.6 is 15.9 Å². The third-order valence-corrected chi connectivity index (χ3v) is 9.62. The van der Waals surface area contributed by atoms with Gasteiger partial charge in [0.15, 0.2) is 0 Å². The molecule has 5 heterocycles. The van der Waals surface area contributed by atoms with Crippen molar-refractivity contribution in [2.45, 2.75) is 31.3 Å². The Morgan fingerprint density at radius 2 is 1.74 bits per heavy atom. The molecule has 0 bridgehead atoms. The van der Waals surface area contributed by atoms with E-state index in [-0.39, 0.29) is 23.4 Å². The molecule has 3 fully saturated rings. The minimum absolute atomic E-state index is 0.103. The average molecular weight is 567 g/mol. The number of rotatable bonds is 1. The minimum Gasteiger partial charge on any atom is -0.283 e. The summed E-state index contributed by atoms with van der Waals surface area (Å²) < 4.78 is 2.40. The van der Waals surface area contributed by atoms with Crippen LogP contribution in [0.1, 0.15) is 29.8 Å². The van der Waals surface area contributed by atoms with E-state index >= 15 is 0 Å². The second kappa shape index (κ2) is 7.48. The van der Waals surface area contributed by atoms with Gasteiger partial charge in [0.2, 0.25) is 11.8 Å². The first-order valence-corrected chi connectivity index (χ1v) is 13.8. The number of nitrogens with zero attached hydrogens (tertiary/aromatic N) is 4. The van der Waals surface area contributed by atoms with Gasteiger partial charge < -0.3 is 0 Å². The van der Waals surface area contributed by atoms with Gasteiger partial charge >= 0.3 is 0 Å². The number of para-hydroxylation sites is 2. The van der Waals surface area contributed by atoms with Crippen molar-refractivity contribution < 1.29 is 9.59 Å². The first kappa shape index (κ1) is 22.4. The van der Waals surface area contributed by atoms with Crippen molar-refractivity contribution in [2.24, 2.45) is 11.8 Å². The van der Waals surface area contributed by atoms with Crippen LogP contribution in [-0.4, -0.2) is 38.9 Å². The number of anilines is 1. The van der Waals surface area contributed by atoms with E-state index in [9.17, 15) is 14.4 Å². The monoisotopic (exact) mass is 566 g/mol. The van der Waals surface area contributed by atoms with E-state index in [4.69, 9.17) is 4.98 Å². The maximum Gasteiger partial charge on any atom is 0.266 e. The number of aromatic nitrogens is 2. The Hall–Kier alpha value is -3.62. The van der Waals surface area contributed by atoms with Gasteiger partial charge in [0.1, 0.15) is 11.4 Å². The molecule has 0 saturated carbocycles. The molecular formula is C30H23BrN4O3. The number of hydrogen-bond donors (Lipinski definition) is 0. The Balaban J connectivity index is 1.45. The van der Waals surface area contributed by atoms with Gasteiger partial charge in [0.25, 0.3) is 5.56 Å². The van der Waals surface area contributed by atoms with Crippen LogP contribution in [0.5, 0.6) is 0 Å². The summed E-state index contributed by atoms with van der Waals surface area (Å²) in [5, 5.41) is 0.537. The summed E-state index contributed by atoms with van der Waals surface area (Å²) in [4.78, 5) is 51.5. The minimum atomic E-state index is -0.996. The fraction of sp³-hybridized carbons (Fsp3) is 0.267. The van der Waals surface area contributed by atoms with Crippen molar-refractivity contribution in [1.82, 2.24) is 14.5 Å². The van der Waals surface area contributed by atoms with Gasteiger partial charge in [-0.1, -0.05) is 36.4 Å². The highest BCUT2D eigenvalue weighted by molar-refractivity contribution is 9.10. The van der Waals surface area contributed by atoms with Crippen molar-refractivity contribution in [2.75, 3.05) is 11.4 Å². The SMILES string of the molecule is Cc1ccc(N2C(=O)[C@H]3[C@@H](C2=O)[C@]2(c4ccccc4-n4c2nc2ccccc2c4=O)N2CCC[C@@H]32)c(Br)c1. The molecular weight excluding hydrogens is 544 g/mol. The van der Waals surface area contributed by atoms with Crippen molar-refractivity contribution >= 4 is 44.3 Å². The highest BCUT2D eigenvalue weighted by Gasteiger charge is 2.73. The van der Waals surface area contributed by atoms with E-state index in [0.29, 0.717) is 26.9 Å². The number of hydrogen-bond acceptors (Lipinski definition) is 5. The Kier molecular flexibility index (Phi) is 4.41. The summed E-state index contributed by atoms with van der Waals surface area (Å²) in [7, 11) is 0. The molecule has 8 heteroatoms. The fourth-order valence-corrected chi connectivity index (χ4v) is 8.31. The summed E-state index contributed by atoms with van der Waals surface area (Å²) in [6.45, 7) is 2.71. The van der Waals surface area contributed by atoms with E-state index < -0.39 is 17.4 Å². The Morgan fingerprint density at radius 1 is 0.947 bits per heavy atom. The number of imide groups is 1. The van der Waals surface area contributed by atoms with Crippen molar-refractivity contribution in [3.8, 4) is 5.69 Å². The molecule has 1 spiro atoms. The van der Waals surface area contributed by atoms with Crippen LogP contribution in [0.2, 0.25) is 0 Å². The number of amides is 2. The molecule has 38 heavy (non-hydrogen) atoms. The van der Waals surface area contributed by atoms with Crippen LogP contribution in [0.25, 0.3) is 16.6 Å². The number of aryl methyl sites for hydroxylation is 1. The molecule has 1 aromatic heterocycles. The molecule has 8 rings (SSSR count). The molecule has 2 amide bonds. The second-order valence-electron chi connectivity index (χ2n) is 10.7. The predicted octanol–water partition coefficient (Wildman–Crippen LogP) is 4.30. The maximum atomic E-state index is 14.5. The maximum absolute atomic E-state index is 14.5. The van der Waals surface area contributed by atoms with Gasteiger partial charge in [-0.05, 0) is 78.1 Å². The van der Waals surface area contributed by atoms with Crippen LogP contribution < -0.4 is 10.5 Å². The van der Waals surface area contributed by atoms with Crippen LogP contribution in [0.3, 0.4) is 0 Å². The third kappa shape index (κ3) is 2.48. The summed E-state index contributed by atoms with van der Waals surface area (Å²) in [6, 6.07) is 20.7. The van der Waals surface area contributed by atoms with Gasteiger partial charge in [-0.25, -0.2) is 9.88 Å². The van der Waals surface area contributed by atoms with Gasteiger partial charge in [0.05, 0.1) is 34.1 Å². The van der Waals surface area contributed by atoms with E-state index in [0.717, 1.165) is 36.2 Å². The van der Waals surface area contributed by atoms with Gasteiger partial charge in [-0.15, -0.1) is 0 Å². The molecule has 0 aliphatic carbocycles. The molecule has 4 aliphatic rings. The third-order valence-electron chi connectivity index (χ3n) is 8.98. The quantitative estimate of drug-likeness (QED) is 0.321. The molecule has 4 atom stereocenters. The number of carbonyl (C=O) groups is 2. The zero-order valence-electron chi connectivity index (χ0n) is 20.6. The largest absolute Gasteiger partial charge is 0.283 e. The van der Waals surface area contributed by atoms with Crippen molar-refractivity contribution in [1.29, 1.82) is 0 Å². The molecule has 4 aliphatic heterocycles. The van der Waals surface area contributed by atoms with E-state index in [1.165, 1.54) is 4.90 Å². The number of halogens is 1. The van der Waals surface area contributed by atoms with Crippen molar-refractivity contribution in [3.63, 3.8) is 0 Å². The summed E-state index contributed by atoms with van der Waals surface area (Å²) in [6.07, 6.45) is 1.75. The van der Waals surface area contributed by atoms with Crippen LogP contribution in [0.15, 0.2) is 76.0 Å². The smallest absolute Gasteiger partial charge is 0.266 e. The summed E-state index contributed by atoms with van der Waals surface area (Å²) >= 11 is 3.60. The van der Waals surface area contributed by atoms with E-state index in [1.54, 1.807) is 10.6 Å². The average Bonchev–Trinajstić information content (AvgIpc) is 3.62. The summed E-state index contributed by atoms with van der Waals surface area (Å²) in [5.41, 5.74) is 2.68. The lowest BCUT2D eigenvalue weighted by Crippen LogP contribution is -2.51. The molecule has 4 aromatic rings. The standard InChI is InChI=1S/C30H23BrN4O3/c1-16-12-13-22(19(31)15-16)34-27(37)24-23-11-6-14-33(23)30(25(24)28(34)38)18-8-3-5-10-21(18)35-26(36)17-7-2-4-9-20(17)32-29(30)35/h2-5,7-10,12-13,15,23-25H,6,11,14H2,1H3/t23-,24+,25-,30-/m0/s1. The molecule has 3 saturated heterocycles. The first-order chi connectivity index (χ1) is 18.4. The lowest BCUT2D eigenvalue weighted by Gasteiger charge is -2.38. The highest BCUT2D eigenvalue weighted by atomic mass is 79.9.